The van der Waals surface area contributed by atoms with Gasteiger partial charge in [-0.15, -0.1) is 11.3 Å². The van der Waals surface area contributed by atoms with Crippen molar-refractivity contribution in [2.24, 2.45) is 0 Å². The van der Waals surface area contributed by atoms with Gasteiger partial charge in [0.15, 0.2) is 11.5 Å². The lowest BCUT2D eigenvalue weighted by Crippen LogP contribution is -2.31. The van der Waals surface area contributed by atoms with Crippen LogP contribution in [0.5, 0.6) is 11.5 Å². The van der Waals surface area contributed by atoms with E-state index in [4.69, 9.17) is 9.47 Å². The molecular formula is C21H26N2O4S. The molecule has 1 N–H and O–H groups in total. The van der Waals surface area contributed by atoms with Crippen LogP contribution in [0.4, 0.5) is 0 Å². The second-order valence-electron chi connectivity index (χ2n) is 6.70. The molecule has 0 spiro atoms. The maximum atomic E-state index is 12.7. The summed E-state index contributed by atoms with van der Waals surface area (Å²) in [5.74, 6) is 1.41. The summed E-state index contributed by atoms with van der Waals surface area (Å²) in [5, 5.41) is 4.75. The molecule has 1 aromatic carbocycles. The largest absolute Gasteiger partial charge is 0.493 e. The number of benzene rings is 1. The van der Waals surface area contributed by atoms with E-state index in [0.717, 1.165) is 24.9 Å². The lowest BCUT2D eigenvalue weighted by molar-refractivity contribution is -0.132. The predicted octanol–water partition coefficient (Wildman–Crippen LogP) is 3.64. The number of carbonyl (C=O) groups is 2. The minimum absolute atomic E-state index is 0.0630. The molecular weight excluding hydrogens is 376 g/mol. The van der Waals surface area contributed by atoms with Gasteiger partial charge in [-0.3, -0.25) is 9.59 Å². The average molecular weight is 403 g/mol. The molecule has 0 bridgehead atoms. The van der Waals surface area contributed by atoms with E-state index in [1.54, 1.807) is 20.3 Å². The Morgan fingerprint density at radius 1 is 1.21 bits per heavy atom. The molecule has 1 unspecified atom stereocenters. The summed E-state index contributed by atoms with van der Waals surface area (Å²) >= 11 is 1.41. The third kappa shape index (κ3) is 4.65. The molecule has 150 valence electrons. The van der Waals surface area contributed by atoms with Crippen LogP contribution in [0.1, 0.15) is 47.0 Å². The standard InChI is InChI=1S/C21H26N2O4S/c1-26-17-10-9-15(14-18(17)27-2)16-6-4-12-23(16)20(24)8-3-11-22-21(25)19-7-5-13-28-19/h5,7,9-10,13-14,16H,3-4,6,8,11-12H2,1-2H3,(H,22,25). The Morgan fingerprint density at radius 3 is 2.75 bits per heavy atom. The summed E-state index contributed by atoms with van der Waals surface area (Å²) in [7, 11) is 3.23. The fourth-order valence-corrected chi connectivity index (χ4v) is 4.19. The molecule has 1 atom stereocenters. The van der Waals surface area contributed by atoms with E-state index >= 15 is 0 Å². The summed E-state index contributed by atoms with van der Waals surface area (Å²) < 4.78 is 10.7. The molecule has 1 aliphatic rings. The zero-order valence-corrected chi connectivity index (χ0v) is 17.1. The molecule has 1 aromatic heterocycles. The molecule has 1 fully saturated rings. The van der Waals surface area contributed by atoms with Crippen LogP contribution in [0.2, 0.25) is 0 Å². The van der Waals surface area contributed by atoms with E-state index in [1.807, 2.05) is 34.5 Å². The highest BCUT2D eigenvalue weighted by atomic mass is 32.1. The second kappa shape index (κ2) is 9.59. The first-order valence-corrected chi connectivity index (χ1v) is 10.3. The van der Waals surface area contributed by atoms with Crippen LogP contribution >= 0.6 is 11.3 Å². The van der Waals surface area contributed by atoms with Crippen molar-refractivity contribution in [3.8, 4) is 11.5 Å². The monoisotopic (exact) mass is 402 g/mol. The highest BCUT2D eigenvalue weighted by Gasteiger charge is 2.30. The Bertz CT molecular complexity index is 807. The maximum Gasteiger partial charge on any atom is 0.261 e. The van der Waals surface area contributed by atoms with Gasteiger partial charge in [0.25, 0.3) is 5.91 Å². The van der Waals surface area contributed by atoms with Gasteiger partial charge in [0.2, 0.25) is 5.91 Å². The van der Waals surface area contributed by atoms with Crippen LogP contribution < -0.4 is 14.8 Å². The number of nitrogens with zero attached hydrogens (tertiary/aromatic N) is 1. The van der Waals surface area contributed by atoms with Crippen molar-refractivity contribution < 1.29 is 19.1 Å². The van der Waals surface area contributed by atoms with Crippen LogP contribution in [0.3, 0.4) is 0 Å². The van der Waals surface area contributed by atoms with Gasteiger partial charge < -0.3 is 19.7 Å². The van der Waals surface area contributed by atoms with Crippen molar-refractivity contribution in [2.45, 2.75) is 31.7 Å². The van der Waals surface area contributed by atoms with Gasteiger partial charge in [-0.1, -0.05) is 12.1 Å². The average Bonchev–Trinajstić information content (AvgIpc) is 3.42. The Kier molecular flexibility index (Phi) is 6.92. The van der Waals surface area contributed by atoms with Gasteiger partial charge in [-0.25, -0.2) is 0 Å². The molecule has 2 heterocycles. The van der Waals surface area contributed by atoms with Gasteiger partial charge >= 0.3 is 0 Å². The number of hydrogen-bond donors (Lipinski definition) is 1. The highest BCUT2D eigenvalue weighted by molar-refractivity contribution is 7.12. The number of thiophene rings is 1. The van der Waals surface area contributed by atoms with Crippen molar-refractivity contribution in [3.05, 3.63) is 46.2 Å². The van der Waals surface area contributed by atoms with Crippen LogP contribution in [0, 0.1) is 0 Å². The quantitative estimate of drug-likeness (QED) is 0.685. The Morgan fingerprint density at radius 2 is 2.04 bits per heavy atom. The Labute approximate surface area is 169 Å². The second-order valence-corrected chi connectivity index (χ2v) is 7.64. The number of methoxy groups -OCH3 is 2. The predicted molar refractivity (Wildman–Crippen MR) is 109 cm³/mol. The van der Waals surface area contributed by atoms with Crippen molar-refractivity contribution in [1.29, 1.82) is 0 Å². The van der Waals surface area contributed by atoms with E-state index in [1.165, 1.54) is 11.3 Å². The van der Waals surface area contributed by atoms with Gasteiger partial charge in [0.05, 0.1) is 25.1 Å². The summed E-state index contributed by atoms with van der Waals surface area (Å²) in [6.07, 6.45) is 2.98. The minimum atomic E-state index is -0.0770. The topological polar surface area (TPSA) is 67.9 Å². The smallest absolute Gasteiger partial charge is 0.261 e. The lowest BCUT2D eigenvalue weighted by atomic mass is 10.0. The number of amides is 2. The first-order valence-electron chi connectivity index (χ1n) is 9.47. The number of hydrogen-bond acceptors (Lipinski definition) is 5. The highest BCUT2D eigenvalue weighted by Crippen LogP contribution is 2.37. The molecule has 28 heavy (non-hydrogen) atoms. The third-order valence-corrected chi connectivity index (χ3v) is 5.83. The number of likely N-dealkylation sites (tertiary alicyclic amines) is 1. The maximum absolute atomic E-state index is 12.7. The van der Waals surface area contributed by atoms with Gasteiger partial charge in [-0.2, -0.15) is 0 Å². The number of nitrogens with one attached hydrogen (secondary N) is 1. The zero-order chi connectivity index (χ0) is 19.9. The van der Waals surface area contributed by atoms with Gasteiger partial charge in [-0.05, 0) is 48.4 Å². The number of carbonyl (C=O) groups excluding carboxylic acids is 2. The third-order valence-electron chi connectivity index (χ3n) is 4.96. The van der Waals surface area contributed by atoms with Gasteiger partial charge in [0.1, 0.15) is 0 Å². The molecule has 6 nitrogen and oxygen atoms in total. The summed E-state index contributed by atoms with van der Waals surface area (Å²) in [6.45, 7) is 1.26. The van der Waals surface area contributed by atoms with Crippen LogP contribution in [-0.2, 0) is 4.79 Å². The minimum Gasteiger partial charge on any atom is -0.493 e. The van der Waals surface area contributed by atoms with Crippen molar-refractivity contribution in [1.82, 2.24) is 10.2 Å². The number of ether oxygens (including phenoxy) is 2. The molecule has 0 aliphatic carbocycles. The lowest BCUT2D eigenvalue weighted by Gasteiger charge is -2.26. The van der Waals surface area contributed by atoms with E-state index in [-0.39, 0.29) is 17.9 Å². The van der Waals surface area contributed by atoms with E-state index < -0.39 is 0 Å². The van der Waals surface area contributed by atoms with E-state index in [0.29, 0.717) is 35.8 Å². The molecule has 0 radical (unpaired) electrons. The fraction of sp³-hybridized carbons (Fsp3) is 0.429. The van der Waals surface area contributed by atoms with Crippen LogP contribution in [-0.4, -0.2) is 44.0 Å². The zero-order valence-electron chi connectivity index (χ0n) is 16.3. The van der Waals surface area contributed by atoms with Crippen molar-refractivity contribution >= 4 is 23.2 Å². The molecule has 2 aromatic rings. The van der Waals surface area contributed by atoms with Crippen molar-refractivity contribution in [2.75, 3.05) is 27.3 Å². The molecule has 2 amide bonds. The van der Waals surface area contributed by atoms with Crippen LogP contribution in [0.15, 0.2) is 35.7 Å². The van der Waals surface area contributed by atoms with Crippen LogP contribution in [0.25, 0.3) is 0 Å². The normalized spacial score (nSPS) is 16.1. The van der Waals surface area contributed by atoms with E-state index in [9.17, 15) is 9.59 Å². The summed E-state index contributed by atoms with van der Waals surface area (Å²) in [5.41, 5.74) is 1.06. The SMILES string of the molecule is COc1ccc(C2CCCN2C(=O)CCCNC(=O)c2cccs2)cc1OC. The number of rotatable bonds is 8. The molecule has 3 rings (SSSR count). The Balaban J connectivity index is 1.54. The summed E-state index contributed by atoms with van der Waals surface area (Å²) in [6, 6.07) is 9.55. The molecule has 7 heteroatoms. The first kappa shape index (κ1) is 20.2. The fourth-order valence-electron chi connectivity index (χ4n) is 3.55. The molecule has 0 saturated carbocycles. The van der Waals surface area contributed by atoms with E-state index in [2.05, 4.69) is 5.32 Å². The van der Waals surface area contributed by atoms with Crippen molar-refractivity contribution in [3.63, 3.8) is 0 Å². The first-order chi connectivity index (χ1) is 13.6. The molecule has 1 saturated heterocycles. The summed E-state index contributed by atoms with van der Waals surface area (Å²) in [4.78, 5) is 27.3. The Hall–Kier alpha value is -2.54. The molecule has 1 aliphatic heterocycles. The van der Waals surface area contributed by atoms with Gasteiger partial charge in [0, 0.05) is 19.5 Å².